The number of aryl methyl sites for hydroxylation is 1. The van der Waals surface area contributed by atoms with Gasteiger partial charge in [0.15, 0.2) is 0 Å². The quantitative estimate of drug-likeness (QED) is 0.873. The second-order valence-electron chi connectivity index (χ2n) is 3.84. The van der Waals surface area contributed by atoms with E-state index in [9.17, 15) is 8.78 Å². The summed E-state index contributed by atoms with van der Waals surface area (Å²) in [6, 6.07) is 6.41. The molecule has 0 saturated carbocycles. The van der Waals surface area contributed by atoms with Gasteiger partial charge in [-0.3, -0.25) is 0 Å². The maximum Gasteiger partial charge on any atom is 0.387 e. The highest BCUT2D eigenvalue weighted by Gasteiger charge is 2.04. The van der Waals surface area contributed by atoms with Crippen molar-refractivity contribution in [3.05, 3.63) is 40.3 Å². The van der Waals surface area contributed by atoms with Crippen molar-refractivity contribution in [2.75, 3.05) is 5.32 Å². The van der Waals surface area contributed by atoms with E-state index in [0.717, 1.165) is 22.8 Å². The van der Waals surface area contributed by atoms with Crippen molar-refractivity contribution >= 4 is 17.0 Å². The molecule has 0 bridgehead atoms. The van der Waals surface area contributed by atoms with Gasteiger partial charge in [0.1, 0.15) is 5.75 Å². The van der Waals surface area contributed by atoms with E-state index in [2.05, 4.69) is 22.0 Å². The number of hydrogen-bond donors (Lipinski definition) is 1. The first-order valence-corrected chi connectivity index (χ1v) is 6.77. The summed E-state index contributed by atoms with van der Waals surface area (Å²) in [6.45, 7) is -0.107. The van der Waals surface area contributed by atoms with Crippen LogP contribution in [0.2, 0.25) is 0 Å². The van der Waals surface area contributed by atoms with Gasteiger partial charge in [-0.05, 0) is 30.7 Å². The van der Waals surface area contributed by atoms with Gasteiger partial charge >= 0.3 is 6.61 Å². The highest BCUT2D eigenvalue weighted by molar-refractivity contribution is 7.09. The Labute approximate surface area is 114 Å². The molecule has 0 aliphatic carbocycles. The summed E-state index contributed by atoms with van der Waals surface area (Å²) in [5, 5.41) is 6.30. The second-order valence-corrected chi connectivity index (χ2v) is 4.79. The Hall–Kier alpha value is -1.69. The van der Waals surface area contributed by atoms with Crippen LogP contribution in [-0.2, 0) is 13.0 Å². The standard InChI is InChI=1S/C13H14F2N2OS/c1-2-12-17-10(8-19-12)7-16-9-3-5-11(6-4-9)18-13(14)15/h3-6,8,13,16H,2,7H2,1H3. The molecule has 102 valence electrons. The fraction of sp³-hybridized carbons (Fsp3) is 0.308. The largest absolute Gasteiger partial charge is 0.435 e. The average molecular weight is 284 g/mol. The normalized spacial score (nSPS) is 10.7. The van der Waals surface area contributed by atoms with E-state index in [0.29, 0.717) is 6.54 Å². The number of thiazole rings is 1. The Kier molecular flexibility index (Phi) is 4.68. The van der Waals surface area contributed by atoms with Gasteiger partial charge in [-0.2, -0.15) is 8.78 Å². The zero-order valence-corrected chi connectivity index (χ0v) is 11.2. The minimum atomic E-state index is -2.79. The SMILES string of the molecule is CCc1nc(CNc2ccc(OC(F)F)cc2)cs1. The molecule has 2 aromatic rings. The zero-order valence-electron chi connectivity index (χ0n) is 10.4. The summed E-state index contributed by atoms with van der Waals surface area (Å²) in [7, 11) is 0. The molecule has 0 saturated heterocycles. The maximum absolute atomic E-state index is 12.0. The monoisotopic (exact) mass is 284 g/mol. The Morgan fingerprint density at radius 1 is 1.32 bits per heavy atom. The van der Waals surface area contributed by atoms with Crippen molar-refractivity contribution in [2.24, 2.45) is 0 Å². The molecule has 0 aliphatic rings. The lowest BCUT2D eigenvalue weighted by Crippen LogP contribution is -2.02. The van der Waals surface area contributed by atoms with Gasteiger partial charge < -0.3 is 10.1 Å². The molecule has 0 unspecified atom stereocenters. The third-order valence-corrected chi connectivity index (χ3v) is 3.50. The van der Waals surface area contributed by atoms with Gasteiger partial charge in [0.2, 0.25) is 0 Å². The predicted octanol–water partition coefficient (Wildman–Crippen LogP) is 3.92. The van der Waals surface area contributed by atoms with Crippen molar-refractivity contribution in [1.82, 2.24) is 4.98 Å². The molecular formula is C13H14F2N2OS. The van der Waals surface area contributed by atoms with Gasteiger partial charge in [-0.15, -0.1) is 11.3 Å². The number of ether oxygens (including phenoxy) is 1. The molecule has 0 atom stereocenters. The Morgan fingerprint density at radius 3 is 2.63 bits per heavy atom. The Balaban J connectivity index is 1.89. The topological polar surface area (TPSA) is 34.2 Å². The maximum atomic E-state index is 12.0. The fourth-order valence-corrected chi connectivity index (χ4v) is 2.28. The number of rotatable bonds is 6. The molecule has 1 aromatic carbocycles. The summed E-state index contributed by atoms with van der Waals surface area (Å²) in [6.07, 6.45) is 0.935. The van der Waals surface area contributed by atoms with Gasteiger partial charge in [0.05, 0.1) is 17.2 Å². The molecule has 0 aliphatic heterocycles. The predicted molar refractivity (Wildman–Crippen MR) is 71.9 cm³/mol. The number of nitrogens with one attached hydrogen (secondary N) is 1. The van der Waals surface area contributed by atoms with Crippen LogP contribution in [0.3, 0.4) is 0 Å². The number of alkyl halides is 2. The van der Waals surface area contributed by atoms with E-state index in [1.54, 1.807) is 23.5 Å². The van der Waals surface area contributed by atoms with Crippen molar-refractivity contribution in [3.63, 3.8) is 0 Å². The first-order valence-electron chi connectivity index (χ1n) is 5.89. The molecule has 2 rings (SSSR count). The van der Waals surface area contributed by atoms with Crippen molar-refractivity contribution in [2.45, 2.75) is 26.5 Å². The summed E-state index contributed by atoms with van der Waals surface area (Å²) in [5.41, 5.74) is 1.82. The molecule has 3 nitrogen and oxygen atoms in total. The average Bonchev–Trinajstić information content (AvgIpc) is 2.85. The van der Waals surface area contributed by atoms with Crippen molar-refractivity contribution < 1.29 is 13.5 Å². The molecule has 6 heteroatoms. The van der Waals surface area contributed by atoms with Crippen LogP contribution >= 0.6 is 11.3 Å². The minimum absolute atomic E-state index is 0.155. The number of benzene rings is 1. The summed E-state index contributed by atoms with van der Waals surface area (Å²) >= 11 is 1.64. The molecule has 1 heterocycles. The van der Waals surface area contributed by atoms with Gasteiger partial charge in [-0.1, -0.05) is 6.92 Å². The van der Waals surface area contributed by atoms with E-state index in [1.807, 2.05) is 5.38 Å². The van der Waals surface area contributed by atoms with Crippen LogP contribution in [0.1, 0.15) is 17.6 Å². The Morgan fingerprint density at radius 2 is 2.05 bits per heavy atom. The van der Waals surface area contributed by atoms with Crippen LogP contribution < -0.4 is 10.1 Å². The lowest BCUT2D eigenvalue weighted by atomic mass is 10.3. The van der Waals surface area contributed by atoms with E-state index in [4.69, 9.17) is 0 Å². The van der Waals surface area contributed by atoms with Crippen LogP contribution in [0.25, 0.3) is 0 Å². The molecule has 0 spiro atoms. The first kappa shape index (κ1) is 13.7. The molecule has 0 amide bonds. The molecule has 1 aromatic heterocycles. The summed E-state index contributed by atoms with van der Waals surface area (Å²) in [4.78, 5) is 4.43. The molecule has 1 N–H and O–H groups in total. The molecule has 0 fully saturated rings. The second kappa shape index (κ2) is 6.47. The van der Waals surface area contributed by atoms with Crippen molar-refractivity contribution in [3.8, 4) is 5.75 Å². The van der Waals surface area contributed by atoms with Crippen LogP contribution in [0, 0.1) is 0 Å². The van der Waals surface area contributed by atoms with Crippen LogP contribution in [-0.4, -0.2) is 11.6 Å². The van der Waals surface area contributed by atoms with Gasteiger partial charge in [0, 0.05) is 11.1 Å². The van der Waals surface area contributed by atoms with Gasteiger partial charge in [0.25, 0.3) is 0 Å². The van der Waals surface area contributed by atoms with E-state index >= 15 is 0 Å². The van der Waals surface area contributed by atoms with E-state index in [1.165, 1.54) is 12.1 Å². The smallest absolute Gasteiger partial charge is 0.387 e. The lowest BCUT2D eigenvalue weighted by molar-refractivity contribution is -0.0498. The Bertz CT molecular complexity index is 514. The highest BCUT2D eigenvalue weighted by atomic mass is 32.1. The number of aromatic nitrogens is 1. The third kappa shape index (κ3) is 4.17. The minimum Gasteiger partial charge on any atom is -0.435 e. The molecule has 19 heavy (non-hydrogen) atoms. The van der Waals surface area contributed by atoms with Crippen LogP contribution in [0.15, 0.2) is 29.6 Å². The van der Waals surface area contributed by atoms with Crippen LogP contribution in [0.4, 0.5) is 14.5 Å². The van der Waals surface area contributed by atoms with Gasteiger partial charge in [-0.25, -0.2) is 4.98 Å². The molecular weight excluding hydrogens is 270 g/mol. The summed E-state index contributed by atoms with van der Waals surface area (Å²) < 4.78 is 28.2. The van der Waals surface area contributed by atoms with Crippen molar-refractivity contribution in [1.29, 1.82) is 0 Å². The number of halogens is 2. The highest BCUT2D eigenvalue weighted by Crippen LogP contribution is 2.18. The lowest BCUT2D eigenvalue weighted by Gasteiger charge is -2.07. The number of anilines is 1. The van der Waals surface area contributed by atoms with Crippen LogP contribution in [0.5, 0.6) is 5.75 Å². The number of hydrogen-bond acceptors (Lipinski definition) is 4. The molecule has 0 radical (unpaired) electrons. The summed E-state index contributed by atoms with van der Waals surface area (Å²) in [5.74, 6) is 0.155. The number of nitrogens with zero attached hydrogens (tertiary/aromatic N) is 1. The van der Waals surface area contributed by atoms with E-state index in [-0.39, 0.29) is 5.75 Å². The first-order chi connectivity index (χ1) is 9.17. The zero-order chi connectivity index (χ0) is 13.7. The van der Waals surface area contributed by atoms with E-state index < -0.39 is 6.61 Å². The fourth-order valence-electron chi connectivity index (χ4n) is 1.54. The third-order valence-electron chi connectivity index (χ3n) is 2.45.